The Hall–Kier alpha value is -4.15. The lowest BCUT2D eigenvalue weighted by atomic mass is 9.94. The summed E-state index contributed by atoms with van der Waals surface area (Å²) in [6.07, 6.45) is 5.23. The molecule has 270 valence electrons. The molecule has 1 saturated carbocycles. The second-order valence-corrected chi connectivity index (χ2v) is 12.4. The van der Waals surface area contributed by atoms with Crippen LogP contribution < -0.4 is 11.4 Å². The van der Waals surface area contributed by atoms with Crippen molar-refractivity contribution < 1.29 is 27.5 Å². The van der Waals surface area contributed by atoms with Crippen molar-refractivity contribution in [2.24, 2.45) is 0 Å². The van der Waals surface area contributed by atoms with Gasteiger partial charge in [0.2, 0.25) is 0 Å². The van der Waals surface area contributed by atoms with Gasteiger partial charge in [-0.15, -0.1) is 21.4 Å². The number of alkyl halides is 3. The number of halogens is 6. The molecule has 0 N–H and O–H groups in total. The zero-order valence-corrected chi connectivity index (χ0v) is 29.5. The highest BCUT2D eigenvalue weighted by molar-refractivity contribution is 6.33. The maximum absolute atomic E-state index is 14.2. The number of benzene rings is 2. The van der Waals surface area contributed by atoms with E-state index in [0.717, 1.165) is 47.2 Å². The van der Waals surface area contributed by atoms with Gasteiger partial charge in [0.1, 0.15) is 16.9 Å². The average molecular weight is 762 g/mol. The highest BCUT2D eigenvalue weighted by Gasteiger charge is 2.28. The first-order valence-electron chi connectivity index (χ1n) is 15.7. The molecule has 19 heteroatoms. The zero-order chi connectivity index (χ0) is 36.7. The number of tetrazole rings is 1. The van der Waals surface area contributed by atoms with Crippen LogP contribution in [-0.4, -0.2) is 75.6 Å². The smallest absolute Gasteiger partial charge is 0.377 e. The molecule has 4 aromatic rings. The van der Waals surface area contributed by atoms with Crippen LogP contribution >= 0.6 is 34.8 Å². The van der Waals surface area contributed by atoms with E-state index in [1.807, 2.05) is 6.92 Å². The van der Waals surface area contributed by atoms with Crippen LogP contribution in [0.15, 0.2) is 46.0 Å². The number of para-hydroxylation sites is 1. The van der Waals surface area contributed by atoms with Gasteiger partial charge < -0.3 is 9.64 Å². The molecule has 0 radical (unpaired) electrons. The van der Waals surface area contributed by atoms with Crippen LogP contribution in [0.5, 0.6) is 0 Å². The first-order chi connectivity index (χ1) is 23.8. The molecule has 2 heterocycles. The average Bonchev–Trinajstić information content (AvgIpc) is 3.61. The van der Waals surface area contributed by atoms with E-state index >= 15 is 0 Å². The number of aromatic nitrogens is 7. The van der Waals surface area contributed by atoms with Crippen molar-refractivity contribution in [3.63, 3.8) is 0 Å². The predicted molar refractivity (Wildman–Crippen MR) is 179 cm³/mol. The van der Waals surface area contributed by atoms with E-state index in [1.54, 1.807) is 36.1 Å². The quantitative estimate of drug-likeness (QED) is 0.116. The summed E-state index contributed by atoms with van der Waals surface area (Å²) in [7, 11) is 0. The maximum atomic E-state index is 14.2. The Bertz CT molecular complexity index is 1940. The number of ether oxygens (including phenoxy) is 1. The number of hydrogen-bond acceptors (Lipinski definition) is 8. The number of carbonyl (C=O) groups excluding carboxylic acids is 2. The summed E-state index contributed by atoms with van der Waals surface area (Å²) >= 11 is 18.0. The second-order valence-electron chi connectivity index (χ2n) is 11.1. The summed E-state index contributed by atoms with van der Waals surface area (Å²) in [4.78, 5) is 50.8. The Kier molecular flexibility index (Phi) is 13.3. The van der Waals surface area contributed by atoms with Crippen molar-refractivity contribution >= 4 is 46.8 Å². The molecule has 1 aliphatic rings. The topological polar surface area (TPSA) is 139 Å². The third-order valence-electron chi connectivity index (χ3n) is 7.91. The molecule has 0 saturated heterocycles. The van der Waals surface area contributed by atoms with Crippen LogP contribution in [0, 0.1) is 12.7 Å². The van der Waals surface area contributed by atoms with Crippen LogP contribution in [0.3, 0.4) is 0 Å². The number of carbonyl (C=O) groups is 2. The van der Waals surface area contributed by atoms with Gasteiger partial charge in [0.15, 0.2) is 5.82 Å². The van der Waals surface area contributed by atoms with Gasteiger partial charge >= 0.3 is 29.9 Å². The number of esters is 1. The highest BCUT2D eigenvalue weighted by Crippen LogP contribution is 2.26. The van der Waals surface area contributed by atoms with Crippen LogP contribution in [-0.2, 0) is 16.0 Å². The summed E-state index contributed by atoms with van der Waals surface area (Å²) in [6, 6.07) is 8.58. The van der Waals surface area contributed by atoms with Gasteiger partial charge in [0, 0.05) is 24.0 Å². The normalized spacial score (nSPS) is 13.9. The molecule has 1 atom stereocenters. The molecule has 1 unspecified atom stereocenters. The van der Waals surface area contributed by atoms with Gasteiger partial charge in [-0.1, -0.05) is 54.6 Å². The molecule has 2 aromatic heterocycles. The first kappa shape index (κ1) is 38.6. The molecule has 1 aliphatic carbocycles. The molecule has 0 aliphatic heterocycles. The minimum Gasteiger partial charge on any atom is -0.465 e. The fraction of sp³-hybridized carbons (Fsp3) is 0.452. The fourth-order valence-corrected chi connectivity index (χ4v) is 6.14. The monoisotopic (exact) mass is 760 g/mol. The van der Waals surface area contributed by atoms with Gasteiger partial charge in [-0.3, -0.25) is 4.79 Å². The zero-order valence-electron chi connectivity index (χ0n) is 27.2. The number of hydrogen-bond donors (Lipinski definition) is 0. The Labute approximate surface area is 299 Å². The van der Waals surface area contributed by atoms with E-state index in [1.165, 1.54) is 13.3 Å². The van der Waals surface area contributed by atoms with Crippen LogP contribution in [0.1, 0.15) is 63.9 Å². The first-order valence-corrected chi connectivity index (χ1v) is 16.9. The summed E-state index contributed by atoms with van der Waals surface area (Å²) in [6.45, 7) is 2.25. The van der Waals surface area contributed by atoms with Crippen LogP contribution in [0.4, 0.5) is 18.0 Å². The molecular formula is C31H34Cl3F3N8O5. The van der Waals surface area contributed by atoms with E-state index in [0.29, 0.717) is 21.9 Å². The third kappa shape index (κ3) is 8.58. The third-order valence-corrected chi connectivity index (χ3v) is 8.91. The molecular weight excluding hydrogens is 728 g/mol. The fourth-order valence-electron chi connectivity index (χ4n) is 5.47. The van der Waals surface area contributed by atoms with E-state index in [4.69, 9.17) is 39.5 Å². The SMILES string of the molecule is CCN(C(=O)n1nnn(-c2ccccc2Cl)c1=O)C1CCCCC1.CCOC(=O)C(Cl)Cc1cc(-n2nc(C)n(C(F)F)c2=O)c(F)cc1Cl. The molecule has 5 rings (SSSR count). The number of rotatable bonds is 9. The standard InChI is InChI=1S/C16H20ClN5O2.C15H14Cl2F3N3O3/c1-2-20(12-8-4-3-5-9-12)15(23)22-16(24)21(18-19-22)14-11-7-6-10-13(14)17;1-3-26-13(24)10(17)4-8-5-12(11(18)6-9(8)16)23-15(25)22(14(19)20)7(2)21-23/h6-7,10-12H,2-5,8-9H2,1H3;5-6,10,14H,3-4H2,1-2H3. The van der Waals surface area contributed by atoms with Crippen LogP contribution in [0.25, 0.3) is 11.4 Å². The number of nitrogens with zero attached hydrogens (tertiary/aromatic N) is 8. The van der Waals surface area contributed by atoms with E-state index in [9.17, 15) is 32.3 Å². The minimum absolute atomic E-state index is 0.0424. The Morgan fingerprint density at radius 2 is 1.66 bits per heavy atom. The lowest BCUT2D eigenvalue weighted by Gasteiger charge is -2.32. The van der Waals surface area contributed by atoms with Gasteiger partial charge in [0.05, 0.1) is 17.3 Å². The number of amides is 1. The largest absolute Gasteiger partial charge is 0.465 e. The number of aryl methyl sites for hydroxylation is 1. The van der Waals surface area contributed by atoms with Gasteiger partial charge in [-0.05, 0) is 73.9 Å². The summed E-state index contributed by atoms with van der Waals surface area (Å²) in [5, 5.41) is 10.5. The van der Waals surface area contributed by atoms with Crippen molar-refractivity contribution in [2.75, 3.05) is 13.2 Å². The van der Waals surface area contributed by atoms with Gasteiger partial charge in [-0.25, -0.2) is 23.3 Å². The predicted octanol–water partition coefficient (Wildman–Crippen LogP) is 5.95. The van der Waals surface area contributed by atoms with E-state index in [2.05, 4.69) is 15.5 Å². The summed E-state index contributed by atoms with van der Waals surface area (Å²) in [5.74, 6) is -1.92. The van der Waals surface area contributed by atoms with Crippen LogP contribution in [0.2, 0.25) is 10.0 Å². The second kappa shape index (κ2) is 17.2. The Morgan fingerprint density at radius 1 is 0.980 bits per heavy atom. The van der Waals surface area contributed by atoms with Crippen molar-refractivity contribution in [1.82, 2.24) is 39.0 Å². The summed E-state index contributed by atoms with van der Waals surface area (Å²) in [5.41, 5.74) is -1.57. The molecule has 13 nitrogen and oxygen atoms in total. The Morgan fingerprint density at radius 3 is 2.26 bits per heavy atom. The van der Waals surface area contributed by atoms with Crippen molar-refractivity contribution in [1.29, 1.82) is 0 Å². The lowest BCUT2D eigenvalue weighted by Crippen LogP contribution is -2.46. The van der Waals surface area contributed by atoms with E-state index in [-0.39, 0.29) is 45.7 Å². The molecule has 50 heavy (non-hydrogen) atoms. The minimum atomic E-state index is -3.12. The molecule has 1 fully saturated rings. The molecule has 0 spiro atoms. The lowest BCUT2D eigenvalue weighted by molar-refractivity contribution is -0.142. The van der Waals surface area contributed by atoms with E-state index < -0.39 is 41.1 Å². The van der Waals surface area contributed by atoms with Crippen molar-refractivity contribution in [3.05, 3.63) is 84.6 Å². The van der Waals surface area contributed by atoms with Crippen molar-refractivity contribution in [2.45, 2.75) is 77.3 Å². The van der Waals surface area contributed by atoms with Gasteiger partial charge in [-0.2, -0.15) is 18.1 Å². The van der Waals surface area contributed by atoms with Crippen molar-refractivity contribution in [3.8, 4) is 11.4 Å². The summed E-state index contributed by atoms with van der Waals surface area (Å²) < 4.78 is 47.4. The molecule has 1 amide bonds. The Balaban J connectivity index is 0.000000225. The van der Waals surface area contributed by atoms with Gasteiger partial charge in [0.25, 0.3) is 0 Å². The maximum Gasteiger partial charge on any atom is 0.377 e. The molecule has 2 aromatic carbocycles. The molecule has 0 bridgehead atoms. The highest BCUT2D eigenvalue weighted by atomic mass is 35.5.